The Morgan fingerprint density at radius 3 is 2.50 bits per heavy atom. The molecule has 5 aliphatic rings. The predicted octanol–water partition coefficient (Wildman–Crippen LogP) is 1.29. The van der Waals surface area contributed by atoms with Gasteiger partial charge in [-0.3, -0.25) is 14.4 Å². The second-order valence-corrected chi connectivity index (χ2v) is 9.87. The van der Waals surface area contributed by atoms with Crippen molar-refractivity contribution in [3.8, 4) is 5.75 Å². The van der Waals surface area contributed by atoms with Crippen molar-refractivity contribution in [1.82, 2.24) is 0 Å². The van der Waals surface area contributed by atoms with Crippen molar-refractivity contribution in [1.29, 1.82) is 0 Å². The van der Waals surface area contributed by atoms with E-state index in [0.717, 1.165) is 11.8 Å². The van der Waals surface area contributed by atoms with Gasteiger partial charge in [-0.25, -0.2) is 0 Å². The number of Topliss-reactive ketones (excluding diaryl/α,β-unsaturated/α-hetero) is 3. The van der Waals surface area contributed by atoms with E-state index in [1.165, 1.54) is 18.2 Å². The Morgan fingerprint density at radius 2 is 1.82 bits per heavy atom. The van der Waals surface area contributed by atoms with Crippen LogP contribution in [0, 0.1) is 0 Å². The number of fused-ring (bicyclic) bond motifs is 2. The number of aromatic hydroxyl groups is 1. The first kappa shape index (κ1) is 17.9. The van der Waals surface area contributed by atoms with Gasteiger partial charge in [0, 0.05) is 23.2 Å². The third kappa shape index (κ3) is 1.58. The minimum Gasteiger partial charge on any atom is -0.507 e. The highest BCUT2D eigenvalue weighted by Crippen LogP contribution is 2.71. The van der Waals surface area contributed by atoms with Gasteiger partial charge in [-0.1, -0.05) is 19.1 Å². The van der Waals surface area contributed by atoms with E-state index in [2.05, 4.69) is 0 Å². The summed E-state index contributed by atoms with van der Waals surface area (Å²) in [4.78, 5) is 39.8. The number of aliphatic hydroxyl groups is 3. The number of aliphatic hydroxyl groups excluding tert-OH is 1. The monoisotopic (exact) mass is 402 g/mol. The fraction of sp³-hybridized carbons (Fsp3) is 0.450. The average Bonchev–Trinajstić information content (AvgIpc) is 2.61. The van der Waals surface area contributed by atoms with Gasteiger partial charge in [-0.15, -0.1) is 11.8 Å². The summed E-state index contributed by atoms with van der Waals surface area (Å²) >= 11 is 1.00. The molecule has 0 amide bonds. The van der Waals surface area contributed by atoms with E-state index >= 15 is 0 Å². The molecule has 28 heavy (non-hydrogen) atoms. The summed E-state index contributed by atoms with van der Waals surface area (Å²) in [6, 6.07) is 4.05. The molecule has 7 nitrogen and oxygen atoms in total. The summed E-state index contributed by atoms with van der Waals surface area (Å²) < 4.78 is -2.97. The lowest BCUT2D eigenvalue weighted by molar-refractivity contribution is -0.204. The molecule has 3 aliphatic carbocycles. The quantitative estimate of drug-likeness (QED) is 0.552. The number of hydrogen-bond acceptors (Lipinski definition) is 8. The summed E-state index contributed by atoms with van der Waals surface area (Å²) in [5.74, 6) is -3.16. The molecule has 0 aromatic heterocycles. The molecule has 2 heterocycles. The molecule has 8 heteroatoms. The van der Waals surface area contributed by atoms with Crippen LogP contribution in [0.5, 0.6) is 5.75 Å². The van der Waals surface area contributed by atoms with Crippen molar-refractivity contribution >= 4 is 34.9 Å². The molecule has 0 unspecified atom stereocenters. The van der Waals surface area contributed by atoms with Crippen molar-refractivity contribution in [2.24, 2.45) is 0 Å². The van der Waals surface area contributed by atoms with Crippen LogP contribution in [0.3, 0.4) is 0 Å². The largest absolute Gasteiger partial charge is 0.507 e. The first-order chi connectivity index (χ1) is 13.1. The zero-order valence-corrected chi connectivity index (χ0v) is 15.8. The molecule has 4 atom stereocenters. The number of phenols is 1. The van der Waals surface area contributed by atoms with Crippen LogP contribution in [-0.4, -0.2) is 58.5 Å². The highest BCUT2D eigenvalue weighted by molar-refractivity contribution is 8.03. The van der Waals surface area contributed by atoms with E-state index in [4.69, 9.17) is 0 Å². The Labute approximate surface area is 164 Å². The Hall–Kier alpha value is -2.16. The van der Waals surface area contributed by atoms with Gasteiger partial charge in [-0.05, 0) is 18.9 Å². The van der Waals surface area contributed by atoms with Crippen LogP contribution in [0.25, 0.3) is 5.76 Å². The smallest absolute Gasteiger partial charge is 0.188 e. The number of thioether (sulfide) groups is 1. The average molecular weight is 402 g/mol. The zero-order valence-electron chi connectivity index (χ0n) is 15.0. The van der Waals surface area contributed by atoms with Gasteiger partial charge in [0.1, 0.15) is 17.1 Å². The van der Waals surface area contributed by atoms with Gasteiger partial charge >= 0.3 is 0 Å². The zero-order chi connectivity index (χ0) is 20.3. The van der Waals surface area contributed by atoms with E-state index in [-0.39, 0.29) is 29.7 Å². The molecule has 1 aromatic rings. The Balaban J connectivity index is 1.94. The second kappa shape index (κ2) is 4.87. The van der Waals surface area contributed by atoms with Crippen LogP contribution >= 0.6 is 11.8 Å². The first-order valence-electron chi connectivity index (χ1n) is 9.09. The number of carbonyl (C=O) groups is 3. The van der Waals surface area contributed by atoms with Crippen LogP contribution < -0.4 is 0 Å². The standard InChI is InChI=1S/C20H18O7S/c1-2-17-7-12(23)20(27)18(26,8-17)6-11(22)14-15(24)13-9(4-3-5-10(13)21)16(25)19(14,20)28-17/h3-5,21,24,26-27H,2,6-8H2,1H3/t17-,18+,19+,20-/m1/s1. The molecule has 0 radical (unpaired) electrons. The minimum absolute atomic E-state index is 0.00507. The summed E-state index contributed by atoms with van der Waals surface area (Å²) in [7, 11) is 0. The van der Waals surface area contributed by atoms with E-state index in [0.29, 0.717) is 6.42 Å². The normalized spacial score (nSPS) is 41.2. The van der Waals surface area contributed by atoms with Crippen molar-refractivity contribution in [3.63, 3.8) is 0 Å². The number of phenolic OH excluding ortho intramolecular Hbond substituents is 1. The molecule has 1 aromatic carbocycles. The van der Waals surface area contributed by atoms with Crippen LogP contribution in [-0.2, 0) is 9.59 Å². The molecule has 4 fully saturated rings. The van der Waals surface area contributed by atoms with Crippen molar-refractivity contribution in [3.05, 3.63) is 34.9 Å². The Bertz CT molecular complexity index is 1040. The molecule has 1 spiro atoms. The fourth-order valence-electron chi connectivity index (χ4n) is 5.61. The fourth-order valence-corrected chi connectivity index (χ4v) is 7.88. The molecule has 146 valence electrons. The Morgan fingerprint density at radius 1 is 1.11 bits per heavy atom. The molecule has 2 saturated carbocycles. The van der Waals surface area contributed by atoms with Gasteiger partial charge in [0.15, 0.2) is 27.7 Å². The molecular formula is C20H18O7S. The highest BCUT2D eigenvalue weighted by Gasteiger charge is 2.84. The SMILES string of the molecule is CC[C@]12CC(=O)[C@@]3(O)[C@](O)(CC(=O)C4=C(O)c5c(O)cccc5C(=O)[C@@]43S1)C2. The van der Waals surface area contributed by atoms with E-state index in [1.807, 2.05) is 6.92 Å². The van der Waals surface area contributed by atoms with Gasteiger partial charge < -0.3 is 20.4 Å². The number of carbonyl (C=O) groups excluding carboxylic acids is 3. The number of ketones is 3. The molecule has 6 rings (SSSR count). The van der Waals surface area contributed by atoms with Gasteiger partial charge in [0.25, 0.3) is 0 Å². The van der Waals surface area contributed by atoms with Crippen LogP contribution in [0.15, 0.2) is 23.8 Å². The summed E-state index contributed by atoms with van der Waals surface area (Å²) in [5.41, 5.74) is -5.29. The number of benzene rings is 1. The maximum Gasteiger partial charge on any atom is 0.188 e. The van der Waals surface area contributed by atoms with Crippen LogP contribution in [0.2, 0.25) is 0 Å². The first-order valence-corrected chi connectivity index (χ1v) is 9.91. The lowest BCUT2D eigenvalue weighted by Crippen LogP contribution is -2.85. The van der Waals surface area contributed by atoms with E-state index in [9.17, 15) is 34.8 Å². The molecule has 4 bridgehead atoms. The van der Waals surface area contributed by atoms with Gasteiger partial charge in [-0.2, -0.15) is 0 Å². The summed E-state index contributed by atoms with van der Waals surface area (Å²) in [6.45, 7) is 1.82. The van der Waals surface area contributed by atoms with Crippen molar-refractivity contribution in [2.45, 2.75) is 53.3 Å². The van der Waals surface area contributed by atoms with Crippen LogP contribution in [0.4, 0.5) is 0 Å². The maximum atomic E-state index is 13.7. The topological polar surface area (TPSA) is 132 Å². The number of hydrogen-bond donors (Lipinski definition) is 4. The van der Waals surface area contributed by atoms with Crippen molar-refractivity contribution < 1.29 is 34.8 Å². The Kier molecular flexibility index (Phi) is 3.11. The van der Waals surface area contributed by atoms with E-state index in [1.54, 1.807) is 0 Å². The molecule has 2 aliphatic heterocycles. The number of rotatable bonds is 1. The third-order valence-electron chi connectivity index (χ3n) is 6.86. The second-order valence-electron chi connectivity index (χ2n) is 8.19. The summed E-state index contributed by atoms with van der Waals surface area (Å²) in [5, 5.41) is 44.1. The van der Waals surface area contributed by atoms with Gasteiger partial charge in [0.2, 0.25) is 0 Å². The van der Waals surface area contributed by atoms with Crippen LogP contribution in [0.1, 0.15) is 48.5 Å². The van der Waals surface area contributed by atoms with Gasteiger partial charge in [0.05, 0.1) is 11.1 Å². The van der Waals surface area contributed by atoms with Crippen molar-refractivity contribution in [2.75, 3.05) is 0 Å². The lowest BCUT2D eigenvalue weighted by atomic mass is 9.50. The molecule has 4 N–H and O–H groups in total. The predicted molar refractivity (Wildman–Crippen MR) is 99.1 cm³/mol. The van der Waals surface area contributed by atoms with E-state index < -0.39 is 55.8 Å². The third-order valence-corrected chi connectivity index (χ3v) is 8.86. The highest BCUT2D eigenvalue weighted by atomic mass is 32.2. The minimum atomic E-state index is -2.53. The molecular weight excluding hydrogens is 384 g/mol. The maximum absolute atomic E-state index is 13.7. The lowest BCUT2D eigenvalue weighted by Gasteiger charge is -2.68. The summed E-state index contributed by atoms with van der Waals surface area (Å²) in [6.07, 6.45) is -0.164. The molecule has 2 saturated heterocycles.